The smallest absolute Gasteiger partial charge is 0.175 e. The van der Waals surface area contributed by atoms with Gasteiger partial charge >= 0.3 is 0 Å². The van der Waals surface area contributed by atoms with Crippen LogP contribution in [-0.2, 0) is 9.84 Å². The third-order valence-electron chi connectivity index (χ3n) is 4.08. The van der Waals surface area contributed by atoms with Gasteiger partial charge in [0.05, 0.1) is 4.90 Å². The van der Waals surface area contributed by atoms with Crippen LogP contribution < -0.4 is 0 Å². The van der Waals surface area contributed by atoms with Gasteiger partial charge in [-0.25, -0.2) is 12.8 Å². The van der Waals surface area contributed by atoms with Crippen LogP contribution in [0.15, 0.2) is 65.6 Å². The van der Waals surface area contributed by atoms with E-state index in [-0.39, 0.29) is 16.1 Å². The zero-order valence-electron chi connectivity index (χ0n) is 13.9. The molecule has 0 aromatic heterocycles. The first-order valence-corrected chi connectivity index (χ1v) is 9.58. The molecule has 0 bridgehead atoms. The minimum Gasteiger partial charge on any atom is -0.224 e. The van der Waals surface area contributed by atoms with E-state index in [0.29, 0.717) is 5.56 Å². The van der Waals surface area contributed by atoms with Gasteiger partial charge in [0.15, 0.2) is 9.84 Å². The molecule has 0 amide bonds. The molecule has 2 aromatic carbocycles. The first-order valence-electron chi connectivity index (χ1n) is 7.69. The molecular formula is C20H19FO2S. The third kappa shape index (κ3) is 3.20. The minimum absolute atomic E-state index is 0.192. The van der Waals surface area contributed by atoms with Gasteiger partial charge in [0.1, 0.15) is 5.82 Å². The molecule has 0 atom stereocenters. The molecule has 1 aliphatic rings. The number of hydrogen-bond acceptors (Lipinski definition) is 2. The van der Waals surface area contributed by atoms with Crippen molar-refractivity contribution in [1.29, 1.82) is 0 Å². The van der Waals surface area contributed by atoms with Crippen molar-refractivity contribution in [2.24, 2.45) is 5.41 Å². The lowest BCUT2D eigenvalue weighted by Crippen LogP contribution is -1.98. The molecule has 2 nitrogen and oxygen atoms in total. The molecule has 124 valence electrons. The average molecular weight is 342 g/mol. The van der Waals surface area contributed by atoms with Gasteiger partial charge in [-0.05, 0) is 34.9 Å². The Kier molecular flexibility index (Phi) is 3.96. The van der Waals surface area contributed by atoms with Crippen LogP contribution in [0.2, 0.25) is 0 Å². The number of rotatable bonds is 3. The Labute approximate surface area is 142 Å². The van der Waals surface area contributed by atoms with Crippen LogP contribution in [0.5, 0.6) is 0 Å². The molecule has 0 unspecified atom stereocenters. The topological polar surface area (TPSA) is 34.1 Å². The van der Waals surface area contributed by atoms with Crippen molar-refractivity contribution in [2.75, 3.05) is 6.26 Å². The zero-order valence-corrected chi connectivity index (χ0v) is 14.7. The highest BCUT2D eigenvalue weighted by molar-refractivity contribution is 7.90. The van der Waals surface area contributed by atoms with E-state index in [1.165, 1.54) is 12.3 Å². The minimum atomic E-state index is -3.23. The summed E-state index contributed by atoms with van der Waals surface area (Å²) in [5.74, 6) is -0.264. The highest BCUT2D eigenvalue weighted by atomic mass is 32.2. The van der Waals surface area contributed by atoms with Gasteiger partial charge < -0.3 is 0 Å². The summed E-state index contributed by atoms with van der Waals surface area (Å²) >= 11 is 0. The summed E-state index contributed by atoms with van der Waals surface area (Å²) in [6.45, 7) is 4.12. The second-order valence-electron chi connectivity index (χ2n) is 6.71. The molecular weight excluding hydrogens is 323 g/mol. The highest BCUT2D eigenvalue weighted by Crippen LogP contribution is 2.44. The van der Waals surface area contributed by atoms with Gasteiger partial charge in [0.2, 0.25) is 0 Å². The van der Waals surface area contributed by atoms with E-state index in [4.69, 9.17) is 0 Å². The van der Waals surface area contributed by atoms with Crippen molar-refractivity contribution in [2.45, 2.75) is 18.7 Å². The molecule has 0 heterocycles. The molecule has 1 aliphatic carbocycles. The van der Waals surface area contributed by atoms with Gasteiger partial charge in [0.25, 0.3) is 0 Å². The van der Waals surface area contributed by atoms with Crippen LogP contribution in [0, 0.1) is 11.2 Å². The van der Waals surface area contributed by atoms with Gasteiger partial charge in [-0.1, -0.05) is 56.3 Å². The molecule has 0 radical (unpaired) electrons. The molecule has 0 saturated carbocycles. The molecule has 0 fully saturated rings. The van der Waals surface area contributed by atoms with Crippen molar-refractivity contribution < 1.29 is 12.8 Å². The Bertz CT molecular complexity index is 949. The van der Waals surface area contributed by atoms with Crippen LogP contribution in [0.3, 0.4) is 0 Å². The summed E-state index contributed by atoms with van der Waals surface area (Å²) in [7, 11) is -3.23. The van der Waals surface area contributed by atoms with Crippen molar-refractivity contribution in [1.82, 2.24) is 0 Å². The normalized spacial score (nSPS) is 16.7. The quantitative estimate of drug-likeness (QED) is 0.808. The summed E-state index contributed by atoms with van der Waals surface area (Å²) < 4.78 is 37.5. The lowest BCUT2D eigenvalue weighted by Gasteiger charge is -2.11. The van der Waals surface area contributed by atoms with Crippen LogP contribution in [-0.4, -0.2) is 14.7 Å². The Balaban J connectivity index is 2.09. The SMILES string of the molecule is CC1(C)C=C(c2ccc(S(C)(=O)=O)cc2)C(c2ccccc2F)=C1. The first-order chi connectivity index (χ1) is 11.2. The fraction of sp³-hybridized carbons (Fsp3) is 0.200. The van der Waals surface area contributed by atoms with Crippen molar-refractivity contribution in [3.63, 3.8) is 0 Å². The Morgan fingerprint density at radius 2 is 1.46 bits per heavy atom. The van der Waals surface area contributed by atoms with E-state index in [1.54, 1.807) is 36.4 Å². The average Bonchev–Trinajstić information content (AvgIpc) is 2.83. The number of halogens is 1. The number of sulfone groups is 1. The molecule has 0 aliphatic heterocycles. The van der Waals surface area contributed by atoms with E-state index in [1.807, 2.05) is 12.1 Å². The van der Waals surface area contributed by atoms with E-state index in [9.17, 15) is 12.8 Å². The van der Waals surface area contributed by atoms with Gasteiger partial charge in [0, 0.05) is 17.2 Å². The summed E-state index contributed by atoms with van der Waals surface area (Å²) in [4.78, 5) is 0.278. The summed E-state index contributed by atoms with van der Waals surface area (Å²) in [5, 5.41) is 0. The van der Waals surface area contributed by atoms with E-state index >= 15 is 0 Å². The lowest BCUT2D eigenvalue weighted by atomic mass is 9.95. The zero-order chi connectivity index (χ0) is 17.5. The summed E-state index contributed by atoms with van der Waals surface area (Å²) in [6, 6.07) is 13.4. The van der Waals surface area contributed by atoms with Crippen molar-refractivity contribution >= 4 is 21.0 Å². The van der Waals surface area contributed by atoms with Crippen molar-refractivity contribution in [3.05, 3.63) is 77.6 Å². The van der Waals surface area contributed by atoms with Gasteiger partial charge in [-0.2, -0.15) is 0 Å². The molecule has 0 saturated heterocycles. The molecule has 4 heteroatoms. The Hall–Kier alpha value is -2.20. The third-order valence-corrected chi connectivity index (χ3v) is 5.21. The molecule has 0 N–H and O–H groups in total. The maximum absolute atomic E-state index is 14.3. The maximum Gasteiger partial charge on any atom is 0.175 e. The van der Waals surface area contributed by atoms with Crippen molar-refractivity contribution in [3.8, 4) is 0 Å². The predicted octanol–water partition coefficient (Wildman–Crippen LogP) is 4.74. The maximum atomic E-state index is 14.3. The molecule has 0 spiro atoms. The Morgan fingerprint density at radius 1 is 0.875 bits per heavy atom. The summed E-state index contributed by atoms with van der Waals surface area (Å²) in [5.41, 5.74) is 3.00. The fourth-order valence-corrected chi connectivity index (χ4v) is 3.59. The lowest BCUT2D eigenvalue weighted by molar-refractivity contribution is 0.602. The number of hydrogen-bond donors (Lipinski definition) is 0. The van der Waals surface area contributed by atoms with Gasteiger partial charge in [-0.3, -0.25) is 0 Å². The monoisotopic (exact) mass is 342 g/mol. The Morgan fingerprint density at radius 3 is 2.04 bits per heavy atom. The van der Waals surface area contributed by atoms with Crippen LogP contribution in [0.25, 0.3) is 11.1 Å². The first kappa shape index (κ1) is 16.7. The predicted molar refractivity (Wildman–Crippen MR) is 95.7 cm³/mol. The fourth-order valence-electron chi connectivity index (χ4n) is 2.96. The molecule has 2 aromatic rings. The van der Waals surface area contributed by atoms with Crippen LogP contribution in [0.4, 0.5) is 4.39 Å². The van der Waals surface area contributed by atoms with E-state index in [2.05, 4.69) is 19.9 Å². The summed E-state index contributed by atoms with van der Waals surface area (Å²) in [6.07, 6.45) is 5.32. The molecule has 24 heavy (non-hydrogen) atoms. The largest absolute Gasteiger partial charge is 0.224 e. The van der Waals surface area contributed by atoms with E-state index in [0.717, 1.165) is 16.7 Å². The standard InChI is InChI=1S/C20H19FO2S/c1-20(2)12-17(14-8-10-15(11-9-14)24(3,22)23)18(13-20)16-6-4-5-7-19(16)21/h4-13H,1-3H3. The molecule has 3 rings (SSSR count). The number of allylic oxidation sites excluding steroid dienone is 4. The van der Waals surface area contributed by atoms with Crippen LogP contribution >= 0.6 is 0 Å². The second-order valence-corrected chi connectivity index (χ2v) is 8.73. The van der Waals surface area contributed by atoms with Crippen LogP contribution in [0.1, 0.15) is 25.0 Å². The van der Waals surface area contributed by atoms with E-state index < -0.39 is 9.84 Å². The second kappa shape index (κ2) is 5.71. The number of benzene rings is 2. The highest BCUT2D eigenvalue weighted by Gasteiger charge is 2.26. The van der Waals surface area contributed by atoms with Gasteiger partial charge in [-0.15, -0.1) is 0 Å².